The molecule has 2 aliphatic heterocycles. The van der Waals surface area contributed by atoms with Crippen LogP contribution >= 0.6 is 0 Å². The smallest absolute Gasteiger partial charge is 0.137 e. The van der Waals surface area contributed by atoms with E-state index < -0.39 is 0 Å². The van der Waals surface area contributed by atoms with Crippen molar-refractivity contribution < 1.29 is 4.74 Å². The molecule has 5 aromatic carbocycles. The van der Waals surface area contributed by atoms with Crippen LogP contribution in [0, 0.1) is 0 Å². The van der Waals surface area contributed by atoms with E-state index in [4.69, 9.17) is 14.7 Å². The molecular formula is C55H60N6O. The Bertz CT molecular complexity index is 3000. The van der Waals surface area contributed by atoms with Gasteiger partial charge in [0.25, 0.3) is 0 Å². The summed E-state index contributed by atoms with van der Waals surface area (Å²) >= 11 is 0. The topological polar surface area (TPSA) is 51.4 Å². The molecule has 3 aromatic heterocycles. The SMILES string of the molecule is CC(C)c1cccc(C(C)C)c1-c1cc(Oc2ccc3c4ccccc4n(-c4cc(C(C)(C)C)ccn4)c3c2)cc(N2CN(C(C)(C)C)c3cc4c(cc32)nc2n4CCCC2)c1. The van der Waals surface area contributed by atoms with Crippen molar-refractivity contribution in [1.29, 1.82) is 0 Å². The van der Waals surface area contributed by atoms with Crippen LogP contribution in [0.2, 0.25) is 0 Å². The second-order valence-electron chi connectivity index (χ2n) is 20.3. The van der Waals surface area contributed by atoms with Crippen molar-refractivity contribution >= 4 is 49.9 Å². The molecule has 7 nitrogen and oxygen atoms in total. The van der Waals surface area contributed by atoms with Gasteiger partial charge >= 0.3 is 0 Å². The minimum absolute atomic E-state index is 0.0130. The van der Waals surface area contributed by atoms with E-state index in [-0.39, 0.29) is 11.0 Å². The minimum atomic E-state index is -0.108. The predicted molar refractivity (Wildman–Crippen MR) is 259 cm³/mol. The van der Waals surface area contributed by atoms with Crippen LogP contribution in [0.3, 0.4) is 0 Å². The fraction of sp³-hybridized carbons (Fsp3) is 0.345. The van der Waals surface area contributed by atoms with Gasteiger partial charge in [-0.05, 0) is 133 Å². The Balaban J connectivity index is 1.16. The molecule has 0 spiro atoms. The number of pyridine rings is 1. The van der Waals surface area contributed by atoms with Crippen LogP contribution in [0.1, 0.15) is 116 Å². The molecule has 0 atom stereocenters. The molecule has 0 unspecified atom stereocenters. The van der Waals surface area contributed by atoms with Gasteiger partial charge in [-0.25, -0.2) is 9.97 Å². The molecule has 0 fully saturated rings. The molecule has 5 heterocycles. The summed E-state index contributed by atoms with van der Waals surface area (Å²) in [6.45, 7) is 24.7. The largest absolute Gasteiger partial charge is 0.457 e. The Morgan fingerprint density at radius 2 is 1.42 bits per heavy atom. The summed E-state index contributed by atoms with van der Waals surface area (Å²) in [5.74, 6) is 4.38. The van der Waals surface area contributed by atoms with E-state index in [1.165, 1.54) is 68.6 Å². The molecular weight excluding hydrogens is 761 g/mol. The van der Waals surface area contributed by atoms with E-state index in [1.807, 2.05) is 6.20 Å². The number of fused-ring (bicyclic) bond motifs is 7. The summed E-state index contributed by atoms with van der Waals surface area (Å²) in [5.41, 5.74) is 14.3. The maximum atomic E-state index is 7.13. The molecule has 10 rings (SSSR count). The third-order valence-corrected chi connectivity index (χ3v) is 13.2. The fourth-order valence-corrected chi connectivity index (χ4v) is 9.94. The number of aromatic nitrogens is 4. The van der Waals surface area contributed by atoms with Crippen molar-refractivity contribution in [3.8, 4) is 28.4 Å². The lowest BCUT2D eigenvalue weighted by molar-refractivity contribution is 0.483. The van der Waals surface area contributed by atoms with Crippen LogP contribution in [-0.2, 0) is 18.4 Å². The van der Waals surface area contributed by atoms with Crippen molar-refractivity contribution in [3.63, 3.8) is 0 Å². The number of ether oxygens (including phenoxy) is 1. The van der Waals surface area contributed by atoms with Crippen molar-refractivity contribution in [2.45, 2.75) is 118 Å². The number of aryl methyl sites for hydroxylation is 2. The lowest BCUT2D eigenvalue weighted by Crippen LogP contribution is -2.42. The normalized spacial score (nSPS) is 14.5. The van der Waals surface area contributed by atoms with E-state index in [1.54, 1.807) is 0 Å². The van der Waals surface area contributed by atoms with Crippen LogP contribution in [-0.4, -0.2) is 31.3 Å². The van der Waals surface area contributed by atoms with Crippen molar-refractivity contribution in [3.05, 3.63) is 132 Å². The lowest BCUT2D eigenvalue weighted by atomic mass is 9.85. The van der Waals surface area contributed by atoms with Crippen LogP contribution in [0.15, 0.2) is 109 Å². The minimum Gasteiger partial charge on any atom is -0.457 e. The quantitative estimate of drug-likeness (QED) is 0.160. The molecule has 0 N–H and O–H groups in total. The Labute approximate surface area is 367 Å². The number of benzene rings is 5. The van der Waals surface area contributed by atoms with E-state index >= 15 is 0 Å². The first-order valence-corrected chi connectivity index (χ1v) is 22.7. The highest BCUT2D eigenvalue weighted by molar-refractivity contribution is 6.09. The average molecular weight is 821 g/mol. The third kappa shape index (κ3) is 6.81. The standard InChI is InChI=1S/C55H60N6O/c1-34(2)41-17-15-18-42(35(3)4)53(41)36-26-38(59-33-60(55(8,9)10)50-32-48-45(31-49(50)59)57-51-20-13-14-25-58(48)51)29-40(27-36)62-39-21-22-44-43-16-11-12-19-46(43)61(47(44)30-39)52-28-37(23-24-56-52)54(5,6)7/h11-12,15-19,21-24,26-32,34-35H,13-14,20,25,33H2,1-10H3. The highest BCUT2D eigenvalue weighted by Crippen LogP contribution is 2.49. The van der Waals surface area contributed by atoms with Crippen LogP contribution in [0.25, 0.3) is 49.8 Å². The molecule has 62 heavy (non-hydrogen) atoms. The molecule has 0 amide bonds. The van der Waals surface area contributed by atoms with Crippen molar-refractivity contribution in [2.24, 2.45) is 0 Å². The van der Waals surface area contributed by atoms with Crippen molar-refractivity contribution in [2.75, 3.05) is 16.5 Å². The highest BCUT2D eigenvalue weighted by Gasteiger charge is 2.36. The first-order chi connectivity index (χ1) is 29.6. The maximum absolute atomic E-state index is 7.13. The molecule has 8 aromatic rings. The molecule has 0 radical (unpaired) electrons. The Hall–Kier alpha value is -6.08. The van der Waals surface area contributed by atoms with Crippen LogP contribution < -0.4 is 14.5 Å². The lowest BCUT2D eigenvalue weighted by Gasteiger charge is -2.34. The highest BCUT2D eigenvalue weighted by atomic mass is 16.5. The van der Waals surface area contributed by atoms with Gasteiger partial charge in [-0.15, -0.1) is 0 Å². The van der Waals surface area contributed by atoms with E-state index in [2.05, 4.69) is 191 Å². The molecule has 0 saturated carbocycles. The van der Waals surface area contributed by atoms with E-state index in [9.17, 15) is 0 Å². The van der Waals surface area contributed by atoms with E-state index in [0.29, 0.717) is 11.8 Å². The average Bonchev–Trinajstić information content (AvgIpc) is 3.91. The first-order valence-electron chi connectivity index (χ1n) is 22.7. The van der Waals surface area contributed by atoms with Gasteiger partial charge in [0.2, 0.25) is 0 Å². The second kappa shape index (κ2) is 14.8. The van der Waals surface area contributed by atoms with E-state index in [0.717, 1.165) is 64.8 Å². The molecule has 316 valence electrons. The van der Waals surface area contributed by atoms with Crippen molar-refractivity contribution in [1.82, 2.24) is 19.1 Å². The van der Waals surface area contributed by atoms with Gasteiger partial charge in [0.15, 0.2) is 0 Å². The van der Waals surface area contributed by atoms with Gasteiger partial charge in [-0.1, -0.05) is 84.9 Å². The first kappa shape index (κ1) is 40.0. The summed E-state index contributed by atoms with van der Waals surface area (Å²) in [5, 5.41) is 2.36. The summed E-state index contributed by atoms with van der Waals surface area (Å²) in [4.78, 5) is 15.2. The number of hydrogen-bond acceptors (Lipinski definition) is 5. The van der Waals surface area contributed by atoms with Gasteiger partial charge in [0.1, 0.15) is 23.1 Å². The fourth-order valence-electron chi connectivity index (χ4n) is 9.94. The molecule has 2 aliphatic rings. The van der Waals surface area contributed by atoms with Gasteiger partial charge < -0.3 is 19.1 Å². The zero-order valence-corrected chi connectivity index (χ0v) is 38.2. The number of imidazole rings is 1. The molecule has 0 bridgehead atoms. The number of para-hydroxylation sites is 1. The zero-order valence-electron chi connectivity index (χ0n) is 38.2. The zero-order chi connectivity index (χ0) is 43.2. The molecule has 7 heteroatoms. The summed E-state index contributed by atoms with van der Waals surface area (Å²) < 4.78 is 11.9. The Kier molecular flexibility index (Phi) is 9.54. The molecule has 0 aliphatic carbocycles. The number of nitrogens with zero attached hydrogens (tertiary/aromatic N) is 6. The Morgan fingerprint density at radius 3 is 2.16 bits per heavy atom. The van der Waals surface area contributed by atoms with Crippen LogP contribution in [0.4, 0.5) is 17.1 Å². The summed E-state index contributed by atoms with van der Waals surface area (Å²) in [7, 11) is 0. The number of rotatable bonds is 7. The van der Waals surface area contributed by atoms with Gasteiger partial charge in [-0.2, -0.15) is 0 Å². The third-order valence-electron chi connectivity index (χ3n) is 13.2. The maximum Gasteiger partial charge on any atom is 0.137 e. The van der Waals surface area contributed by atoms with Crippen LogP contribution in [0.5, 0.6) is 11.5 Å². The van der Waals surface area contributed by atoms with Gasteiger partial charge in [0, 0.05) is 53.3 Å². The number of hydrogen-bond donors (Lipinski definition) is 0. The summed E-state index contributed by atoms with van der Waals surface area (Å²) in [6, 6.07) is 38.0. The number of anilines is 3. The summed E-state index contributed by atoms with van der Waals surface area (Å²) in [6.07, 6.45) is 5.38. The predicted octanol–water partition coefficient (Wildman–Crippen LogP) is 14.6. The van der Waals surface area contributed by atoms with Gasteiger partial charge in [-0.3, -0.25) is 4.57 Å². The van der Waals surface area contributed by atoms with Gasteiger partial charge in [0.05, 0.1) is 40.1 Å². The Morgan fingerprint density at radius 1 is 0.661 bits per heavy atom. The monoisotopic (exact) mass is 820 g/mol. The molecule has 0 saturated heterocycles. The second-order valence-corrected chi connectivity index (χ2v) is 20.3.